The summed E-state index contributed by atoms with van der Waals surface area (Å²) in [6.07, 6.45) is 0. The third-order valence-electron chi connectivity index (χ3n) is 9.74. The summed E-state index contributed by atoms with van der Waals surface area (Å²) in [5.41, 5.74) is 10.3. The molecule has 0 saturated heterocycles. The zero-order valence-corrected chi connectivity index (χ0v) is 31.0. The molecule has 0 unspecified atom stereocenters. The molecule has 0 atom stereocenters. The SMILES string of the molecule is Cc1ccc2c(c1)-c1nc-2nc2[n-]c(nc3nc(nc4[n-]c(n1)c1ccc(C)cc41)-c1ccc(C(C)(C)C)cc1-3)c1ccc(C(C)(C)C)cc21.[Fe+2]. The van der Waals surface area contributed by atoms with Crippen LogP contribution < -0.4 is 9.97 Å². The molecule has 8 nitrogen and oxygen atoms in total. The van der Waals surface area contributed by atoms with Crippen molar-refractivity contribution in [3.63, 3.8) is 0 Å². The first-order chi connectivity index (χ1) is 23.8. The van der Waals surface area contributed by atoms with Crippen LogP contribution in [0.3, 0.4) is 0 Å². The van der Waals surface area contributed by atoms with Gasteiger partial charge in [-0.25, -0.2) is 9.97 Å². The smallest absolute Gasteiger partial charge is 0.357 e. The Kier molecular flexibility index (Phi) is 7.35. The van der Waals surface area contributed by atoms with Gasteiger partial charge in [-0.3, -0.25) is 0 Å². The van der Waals surface area contributed by atoms with Crippen LogP contribution in [0.25, 0.3) is 89.7 Å². The summed E-state index contributed by atoms with van der Waals surface area (Å²) in [6.45, 7) is 17.4. The molecule has 51 heavy (non-hydrogen) atoms. The predicted octanol–water partition coefficient (Wildman–Crippen LogP) is 9.34. The largest absolute Gasteiger partial charge is 2.00 e. The van der Waals surface area contributed by atoms with Crippen molar-refractivity contribution >= 4 is 44.1 Å². The Hall–Kier alpha value is -5.24. The van der Waals surface area contributed by atoms with Crippen molar-refractivity contribution in [3.05, 3.63) is 95.1 Å². The third-order valence-corrected chi connectivity index (χ3v) is 9.74. The van der Waals surface area contributed by atoms with E-state index in [4.69, 9.17) is 39.9 Å². The number of aryl methyl sites for hydroxylation is 2. The van der Waals surface area contributed by atoms with Gasteiger partial charge in [0.15, 0.2) is 0 Å². The maximum atomic E-state index is 5.19. The molecule has 0 N–H and O–H groups in total. The van der Waals surface area contributed by atoms with E-state index in [0.717, 1.165) is 54.9 Å². The topological polar surface area (TPSA) is 106 Å². The molecule has 9 rings (SSSR count). The van der Waals surface area contributed by atoms with Gasteiger partial charge in [0, 0.05) is 44.8 Å². The fourth-order valence-corrected chi connectivity index (χ4v) is 6.82. The van der Waals surface area contributed by atoms with Crippen LogP contribution >= 0.6 is 0 Å². The number of nitrogens with zero attached hydrogens (tertiary/aromatic N) is 8. The zero-order valence-electron chi connectivity index (χ0n) is 29.9. The van der Waals surface area contributed by atoms with Crippen molar-refractivity contribution in [1.82, 2.24) is 39.9 Å². The van der Waals surface area contributed by atoms with E-state index < -0.39 is 0 Å². The molecular weight excluding hydrogens is 672 g/mol. The number of fused-ring (bicyclic) bond motifs is 20. The fraction of sp³-hybridized carbons (Fsp3) is 0.238. The molecule has 3 aromatic heterocycles. The Morgan fingerprint density at radius 3 is 1.35 bits per heavy atom. The first kappa shape index (κ1) is 32.9. The van der Waals surface area contributed by atoms with Gasteiger partial charge in [0.2, 0.25) is 0 Å². The van der Waals surface area contributed by atoms with E-state index in [1.165, 1.54) is 11.1 Å². The summed E-state index contributed by atoms with van der Waals surface area (Å²) >= 11 is 0. The van der Waals surface area contributed by atoms with E-state index in [2.05, 4.69) is 128 Å². The maximum Gasteiger partial charge on any atom is 2.00 e. The Morgan fingerprint density at radius 2 is 0.784 bits per heavy atom. The van der Waals surface area contributed by atoms with Gasteiger partial charge in [-0.1, -0.05) is 107 Å². The van der Waals surface area contributed by atoms with Gasteiger partial charge >= 0.3 is 17.1 Å². The molecule has 8 bridgehead atoms. The first-order valence-electron chi connectivity index (χ1n) is 17.0. The van der Waals surface area contributed by atoms with Gasteiger partial charge in [-0.2, -0.15) is 0 Å². The van der Waals surface area contributed by atoms with E-state index in [1.54, 1.807) is 0 Å². The molecule has 0 aliphatic carbocycles. The average molecular weight is 709 g/mol. The van der Waals surface area contributed by atoms with Crippen LogP contribution in [0.5, 0.6) is 0 Å². The van der Waals surface area contributed by atoms with Gasteiger partial charge in [0.25, 0.3) is 0 Å². The van der Waals surface area contributed by atoms with Crippen LogP contribution in [-0.4, -0.2) is 29.9 Å². The second-order valence-electron chi connectivity index (χ2n) is 15.6. The van der Waals surface area contributed by atoms with Crippen molar-refractivity contribution in [2.45, 2.75) is 66.2 Å². The van der Waals surface area contributed by atoms with Gasteiger partial charge in [0.05, 0.1) is 23.3 Å². The molecule has 2 aliphatic heterocycles. The monoisotopic (exact) mass is 708 g/mol. The quantitative estimate of drug-likeness (QED) is 0.144. The number of rotatable bonds is 0. The van der Waals surface area contributed by atoms with Crippen molar-refractivity contribution in [3.8, 4) is 45.6 Å². The Labute approximate surface area is 306 Å². The van der Waals surface area contributed by atoms with Gasteiger partial charge in [-0.05, 0) is 75.5 Å². The molecule has 2 aliphatic rings. The molecule has 252 valence electrons. The molecule has 0 saturated carbocycles. The minimum absolute atomic E-state index is 0. The normalized spacial score (nSPS) is 12.5. The number of aromatic nitrogens is 8. The average Bonchev–Trinajstić information content (AvgIpc) is 3.78. The number of hydrogen-bond donors (Lipinski definition) is 0. The van der Waals surface area contributed by atoms with Crippen LogP contribution in [0.15, 0.2) is 72.8 Å². The Bertz CT molecular complexity index is 2760. The van der Waals surface area contributed by atoms with Crippen LogP contribution in [0.1, 0.15) is 63.8 Å². The molecule has 7 aromatic rings. The molecule has 5 heterocycles. The van der Waals surface area contributed by atoms with Crippen LogP contribution in [0.4, 0.5) is 0 Å². The molecule has 0 spiro atoms. The zero-order chi connectivity index (χ0) is 34.7. The summed E-state index contributed by atoms with van der Waals surface area (Å²) in [7, 11) is 0. The molecule has 0 amide bonds. The number of hydrogen-bond acceptors (Lipinski definition) is 6. The van der Waals surface area contributed by atoms with Crippen LogP contribution in [0, 0.1) is 13.8 Å². The number of benzene rings is 4. The summed E-state index contributed by atoms with van der Waals surface area (Å²) < 4.78 is 0. The van der Waals surface area contributed by atoms with Crippen molar-refractivity contribution in [1.29, 1.82) is 0 Å². The van der Waals surface area contributed by atoms with E-state index in [1.807, 2.05) is 0 Å². The third kappa shape index (κ3) is 5.43. The van der Waals surface area contributed by atoms with E-state index in [0.29, 0.717) is 45.9 Å². The molecule has 4 aromatic carbocycles. The summed E-state index contributed by atoms with van der Waals surface area (Å²) in [6, 6.07) is 25.4. The fourth-order valence-electron chi connectivity index (χ4n) is 6.82. The Morgan fingerprint density at radius 1 is 0.392 bits per heavy atom. The van der Waals surface area contributed by atoms with E-state index in [-0.39, 0.29) is 27.9 Å². The molecule has 0 fully saturated rings. The second-order valence-corrected chi connectivity index (χ2v) is 15.6. The minimum atomic E-state index is -0.0696. The molecule has 0 radical (unpaired) electrons. The minimum Gasteiger partial charge on any atom is -0.357 e. The van der Waals surface area contributed by atoms with Crippen molar-refractivity contribution in [2.24, 2.45) is 0 Å². The molecular formula is C42H36FeN8. The van der Waals surface area contributed by atoms with E-state index in [9.17, 15) is 0 Å². The summed E-state index contributed by atoms with van der Waals surface area (Å²) in [4.78, 5) is 40.8. The Balaban J connectivity index is 0.00000374. The maximum absolute atomic E-state index is 5.19. The summed E-state index contributed by atoms with van der Waals surface area (Å²) in [5.74, 6) is 2.24. The second kappa shape index (κ2) is 11.4. The van der Waals surface area contributed by atoms with Crippen molar-refractivity contribution in [2.75, 3.05) is 0 Å². The predicted molar refractivity (Wildman–Crippen MR) is 201 cm³/mol. The van der Waals surface area contributed by atoms with Gasteiger partial charge < -0.3 is 29.9 Å². The summed E-state index contributed by atoms with van der Waals surface area (Å²) in [5, 5.41) is 3.64. The first-order valence-corrected chi connectivity index (χ1v) is 17.0. The standard InChI is InChI=1S/C42H36N8.Fe/c1-21-9-13-25-29(17-21)38-44-33(25)43-37-30-18-22(2)10-14-26(30)34(45-37)47-39-32-20-24(42(6,7)8)12-16-28(32)36(49-39)50-40-31-19-23(41(3,4)5)11-15-27(31)35(46-38)48-40;/h9-20H,1-8H3;/q-2;+2. The van der Waals surface area contributed by atoms with Gasteiger partial charge in [-0.15, -0.1) is 0 Å². The molecule has 9 heteroatoms. The van der Waals surface area contributed by atoms with Gasteiger partial charge in [0.1, 0.15) is 0 Å². The van der Waals surface area contributed by atoms with E-state index >= 15 is 0 Å². The van der Waals surface area contributed by atoms with Crippen molar-refractivity contribution < 1.29 is 17.1 Å². The van der Waals surface area contributed by atoms with Crippen LogP contribution in [-0.2, 0) is 27.9 Å². The van der Waals surface area contributed by atoms with Crippen LogP contribution in [0.2, 0.25) is 0 Å².